The minimum absolute atomic E-state index is 0.153. The summed E-state index contributed by atoms with van der Waals surface area (Å²) in [6, 6.07) is 19.7. The zero-order chi connectivity index (χ0) is 28.4. The van der Waals surface area contributed by atoms with Gasteiger partial charge < -0.3 is 10.5 Å². The van der Waals surface area contributed by atoms with Crippen molar-refractivity contribution in [1.29, 1.82) is 5.41 Å². The summed E-state index contributed by atoms with van der Waals surface area (Å²) < 4.78 is 19.3. The van der Waals surface area contributed by atoms with Crippen LogP contribution in [0.5, 0.6) is 0 Å². The summed E-state index contributed by atoms with van der Waals surface area (Å²) in [4.78, 5) is 13.3. The zero-order valence-corrected chi connectivity index (χ0v) is 25.5. The molecular weight excluding hydrogens is 588 g/mol. The molecule has 0 spiro atoms. The van der Waals surface area contributed by atoms with Crippen LogP contribution < -0.4 is 5.73 Å². The monoisotopic (exact) mass is 621 g/mol. The van der Waals surface area contributed by atoms with Crippen LogP contribution in [0.15, 0.2) is 71.2 Å². The van der Waals surface area contributed by atoms with E-state index in [0.717, 1.165) is 33.4 Å². The zero-order valence-electron chi connectivity index (χ0n) is 22.0. The molecule has 3 N–H and O–H groups in total. The quantitative estimate of drug-likeness (QED) is 0.153. The van der Waals surface area contributed by atoms with Gasteiger partial charge >= 0.3 is 6.09 Å². The number of hydrogen-bond donors (Lipinski definition) is 2. The Morgan fingerprint density at radius 1 is 1.11 bits per heavy atom. The minimum atomic E-state index is -1.03. The minimum Gasteiger partial charge on any atom is -0.391 e. The third-order valence-corrected chi connectivity index (χ3v) is 6.11. The van der Waals surface area contributed by atoms with Crippen LogP contribution in [0.3, 0.4) is 0 Å². The van der Waals surface area contributed by atoms with Gasteiger partial charge in [0.25, 0.3) is 0 Å². The molecule has 3 unspecified atom stereocenters. The molecule has 3 aromatic carbocycles. The maximum absolute atomic E-state index is 13.8. The van der Waals surface area contributed by atoms with E-state index < -0.39 is 6.09 Å². The Labute approximate surface area is 240 Å². The molecule has 0 aliphatic rings. The van der Waals surface area contributed by atoms with E-state index in [-0.39, 0.29) is 23.7 Å². The molecule has 1 amide bonds. The van der Waals surface area contributed by atoms with Crippen molar-refractivity contribution in [3.63, 3.8) is 0 Å². The number of hydrogen-bond acceptors (Lipinski definition) is 4. The van der Waals surface area contributed by atoms with Gasteiger partial charge in [-0.15, -0.1) is 9.24 Å². The molecule has 38 heavy (non-hydrogen) atoms. The van der Waals surface area contributed by atoms with Gasteiger partial charge in [-0.25, -0.2) is 9.18 Å². The predicted molar refractivity (Wildman–Crippen MR) is 162 cm³/mol. The van der Waals surface area contributed by atoms with Crippen LogP contribution in [0, 0.1) is 17.1 Å². The fourth-order valence-corrected chi connectivity index (χ4v) is 4.79. The summed E-state index contributed by atoms with van der Waals surface area (Å²) in [6.07, 6.45) is -0.315. The lowest BCUT2D eigenvalue weighted by Crippen LogP contribution is -2.31. The van der Waals surface area contributed by atoms with Gasteiger partial charge in [-0.2, -0.15) is 0 Å². The molecule has 3 rings (SSSR count). The fourth-order valence-electron chi connectivity index (χ4n) is 4.15. The normalized spacial score (nSPS) is 12.5. The number of primary amides is 1. The van der Waals surface area contributed by atoms with Gasteiger partial charge in [-0.3, -0.25) is 10.3 Å². The maximum atomic E-state index is 13.8. The molecule has 0 radical (unpaired) electrons. The summed E-state index contributed by atoms with van der Waals surface area (Å²) in [5, 5.41) is 8.66. The van der Waals surface area contributed by atoms with Crippen molar-refractivity contribution in [2.75, 3.05) is 13.6 Å². The number of rotatable bonds is 8. The highest BCUT2D eigenvalue weighted by Crippen LogP contribution is 2.30. The standard InChI is InChI=1S/C26H26BrClFN3O2.C3H9P/c1-16(10-17-11-21(27)14-23(29)12-17)15-32(2)24(18-6-8-22(28)9-7-18)19-4-3-5-20(13-19)25(30)34-26(31)33;1-3(2)4/h3-9,11-14,16,24,30H,10,15H2,1-2H3,(H2,31,33);3H,4H2,1-2H3. The van der Waals surface area contributed by atoms with Gasteiger partial charge in [0.2, 0.25) is 5.90 Å². The van der Waals surface area contributed by atoms with Gasteiger partial charge in [0.15, 0.2) is 0 Å². The molecule has 0 aliphatic carbocycles. The average Bonchev–Trinajstić information content (AvgIpc) is 2.79. The number of benzene rings is 3. The van der Waals surface area contributed by atoms with Crippen molar-refractivity contribution in [1.82, 2.24) is 4.90 Å². The van der Waals surface area contributed by atoms with Crippen LogP contribution in [-0.2, 0) is 11.2 Å². The van der Waals surface area contributed by atoms with Crippen LogP contribution >= 0.6 is 36.8 Å². The van der Waals surface area contributed by atoms with Crippen molar-refractivity contribution in [3.8, 4) is 0 Å². The van der Waals surface area contributed by atoms with Crippen molar-refractivity contribution in [3.05, 3.63) is 104 Å². The van der Waals surface area contributed by atoms with Crippen LogP contribution in [0.2, 0.25) is 5.02 Å². The second-order valence-corrected chi connectivity index (χ2v) is 12.3. The molecule has 0 saturated carbocycles. The van der Waals surface area contributed by atoms with Crippen molar-refractivity contribution in [2.24, 2.45) is 11.7 Å². The lowest BCUT2D eigenvalue weighted by atomic mass is 9.94. The molecule has 5 nitrogen and oxygen atoms in total. The summed E-state index contributed by atoms with van der Waals surface area (Å²) in [5.41, 5.74) is 9.13. The van der Waals surface area contributed by atoms with E-state index >= 15 is 0 Å². The van der Waals surface area contributed by atoms with E-state index in [2.05, 4.69) is 50.8 Å². The third-order valence-electron chi connectivity index (χ3n) is 5.40. The molecule has 3 aromatic rings. The molecule has 0 aliphatic heterocycles. The summed E-state index contributed by atoms with van der Waals surface area (Å²) >= 11 is 9.48. The van der Waals surface area contributed by atoms with Gasteiger partial charge in [0.05, 0.1) is 6.04 Å². The SMILES string of the molecule is CC(C)P.CC(Cc1cc(F)cc(Br)c1)CN(C)C(c1ccc(Cl)cc1)c1cccc(C(=N)OC(N)=O)c1. The predicted octanol–water partition coefficient (Wildman–Crippen LogP) is 7.83. The van der Waals surface area contributed by atoms with Crippen LogP contribution in [0.1, 0.15) is 49.1 Å². The van der Waals surface area contributed by atoms with Crippen molar-refractivity contribution < 1.29 is 13.9 Å². The number of nitrogens with two attached hydrogens (primary N) is 1. The smallest absolute Gasteiger partial charge is 0.391 e. The second-order valence-electron chi connectivity index (χ2n) is 9.60. The van der Waals surface area contributed by atoms with E-state index in [4.69, 9.17) is 27.5 Å². The number of ether oxygens (including phenoxy) is 1. The first-order valence-electron chi connectivity index (χ1n) is 12.2. The Balaban J connectivity index is 0.00000118. The molecule has 0 bridgehead atoms. The first-order chi connectivity index (χ1) is 17.8. The van der Waals surface area contributed by atoms with Crippen LogP contribution in [-0.4, -0.2) is 36.1 Å². The molecule has 0 heterocycles. The Morgan fingerprint density at radius 2 is 1.74 bits per heavy atom. The second kappa shape index (κ2) is 15.3. The van der Waals surface area contributed by atoms with Crippen LogP contribution in [0.25, 0.3) is 0 Å². The Morgan fingerprint density at radius 3 is 2.32 bits per heavy atom. The third kappa shape index (κ3) is 10.8. The van der Waals surface area contributed by atoms with Gasteiger partial charge in [-0.1, -0.05) is 72.6 Å². The average molecular weight is 623 g/mol. The molecule has 0 fully saturated rings. The first kappa shape index (κ1) is 31.9. The van der Waals surface area contributed by atoms with E-state index in [1.807, 2.05) is 55.6 Å². The Bertz CT molecular complexity index is 1200. The molecule has 204 valence electrons. The number of nitrogens with one attached hydrogen (secondary N) is 1. The van der Waals surface area contributed by atoms with Crippen molar-refractivity contribution in [2.45, 2.75) is 38.9 Å². The van der Waals surface area contributed by atoms with E-state index in [1.165, 1.54) is 6.07 Å². The molecule has 9 heteroatoms. The number of nitrogens with zero attached hydrogens (tertiary/aromatic N) is 1. The van der Waals surface area contributed by atoms with Gasteiger partial charge in [-0.05, 0) is 84.2 Å². The maximum Gasteiger partial charge on any atom is 0.411 e. The Kier molecular flexibility index (Phi) is 12.9. The van der Waals surface area contributed by atoms with Crippen LogP contribution in [0.4, 0.5) is 9.18 Å². The summed E-state index contributed by atoms with van der Waals surface area (Å²) in [5.74, 6) is -0.341. The largest absolute Gasteiger partial charge is 0.411 e. The van der Waals surface area contributed by atoms with Gasteiger partial charge in [0.1, 0.15) is 5.82 Å². The highest BCUT2D eigenvalue weighted by Gasteiger charge is 2.22. The van der Waals surface area contributed by atoms with E-state index in [0.29, 0.717) is 17.0 Å². The van der Waals surface area contributed by atoms with Gasteiger partial charge in [0, 0.05) is 21.6 Å². The first-order valence-corrected chi connectivity index (χ1v) is 14.0. The van der Waals surface area contributed by atoms with E-state index in [1.54, 1.807) is 12.1 Å². The number of halogens is 3. The highest BCUT2D eigenvalue weighted by atomic mass is 79.9. The summed E-state index contributed by atoms with van der Waals surface area (Å²) in [7, 11) is 4.68. The number of amides is 1. The molecular formula is C29H35BrClFN3O2P. The fraction of sp³-hybridized carbons (Fsp3) is 0.310. The van der Waals surface area contributed by atoms with E-state index in [9.17, 15) is 9.18 Å². The number of carbonyl (C=O) groups excluding carboxylic acids is 1. The highest BCUT2D eigenvalue weighted by molar-refractivity contribution is 9.10. The lowest BCUT2D eigenvalue weighted by molar-refractivity contribution is 0.207. The molecule has 3 atom stereocenters. The number of carbonyl (C=O) groups is 1. The molecule has 0 aromatic heterocycles. The van der Waals surface area contributed by atoms with Crippen molar-refractivity contribution >= 4 is 48.8 Å². The summed E-state index contributed by atoms with van der Waals surface area (Å²) in [6.45, 7) is 7.11. The molecule has 0 saturated heterocycles. The lowest BCUT2D eigenvalue weighted by Gasteiger charge is -2.31. The Hall–Kier alpha value is -2.31. The topological polar surface area (TPSA) is 79.4 Å².